The van der Waals surface area contributed by atoms with Gasteiger partial charge in [-0.3, -0.25) is 8.98 Å². The van der Waals surface area contributed by atoms with Gasteiger partial charge in [0.25, 0.3) is 6.47 Å². The van der Waals surface area contributed by atoms with Crippen molar-refractivity contribution in [1.29, 1.82) is 0 Å². The molecule has 0 aromatic heterocycles. The molecular formula is C5H10O5S. The standard InChI is InChI=1S/C5H10O5S/c6-4-9-5-2-1-3-10-11(5,7)8/h4-5,7-8H,1-3H2. The average molecular weight is 182 g/mol. The van der Waals surface area contributed by atoms with Gasteiger partial charge in [-0.15, -0.1) is 0 Å². The van der Waals surface area contributed by atoms with Crippen molar-refractivity contribution in [2.45, 2.75) is 18.3 Å². The van der Waals surface area contributed by atoms with Crippen molar-refractivity contribution in [3.05, 3.63) is 0 Å². The molecule has 1 fully saturated rings. The van der Waals surface area contributed by atoms with E-state index >= 15 is 0 Å². The van der Waals surface area contributed by atoms with Crippen molar-refractivity contribution in [1.82, 2.24) is 0 Å². The van der Waals surface area contributed by atoms with Crippen molar-refractivity contribution in [3.8, 4) is 0 Å². The lowest BCUT2D eigenvalue weighted by atomic mass is 10.3. The minimum absolute atomic E-state index is 0.202. The Bertz CT molecular complexity index is 148. The smallest absolute Gasteiger partial charge is 0.294 e. The summed E-state index contributed by atoms with van der Waals surface area (Å²) < 4.78 is 27.3. The lowest BCUT2D eigenvalue weighted by Crippen LogP contribution is -2.27. The Kier molecular flexibility index (Phi) is 2.72. The van der Waals surface area contributed by atoms with Crippen LogP contribution in [0.1, 0.15) is 12.8 Å². The molecule has 11 heavy (non-hydrogen) atoms. The summed E-state index contributed by atoms with van der Waals surface area (Å²) in [6.07, 6.45) is 1.12. The third-order valence-electron chi connectivity index (χ3n) is 1.39. The number of ether oxygens (including phenoxy) is 1. The summed E-state index contributed by atoms with van der Waals surface area (Å²) in [4.78, 5) is 9.87. The molecule has 0 amide bonds. The molecule has 0 aromatic rings. The lowest BCUT2D eigenvalue weighted by molar-refractivity contribution is -0.131. The van der Waals surface area contributed by atoms with Gasteiger partial charge in [0.1, 0.15) is 10.9 Å². The van der Waals surface area contributed by atoms with Gasteiger partial charge in [-0.05, 0) is 6.42 Å². The maximum Gasteiger partial charge on any atom is 0.294 e. The minimum Gasteiger partial charge on any atom is -0.448 e. The quantitative estimate of drug-likeness (QED) is 0.622. The van der Waals surface area contributed by atoms with E-state index < -0.39 is 16.3 Å². The summed E-state index contributed by atoms with van der Waals surface area (Å²) in [5.74, 6) is 0. The molecule has 2 N–H and O–H groups in total. The van der Waals surface area contributed by atoms with E-state index in [-0.39, 0.29) is 6.47 Å². The zero-order valence-electron chi connectivity index (χ0n) is 5.80. The Labute approximate surface area is 65.9 Å². The topological polar surface area (TPSA) is 76.0 Å². The first kappa shape index (κ1) is 8.79. The van der Waals surface area contributed by atoms with Crippen LogP contribution >= 0.6 is 10.9 Å². The second-order valence-corrected chi connectivity index (χ2v) is 4.00. The van der Waals surface area contributed by atoms with Crippen molar-refractivity contribution >= 4 is 17.3 Å². The highest BCUT2D eigenvalue weighted by Crippen LogP contribution is 2.50. The molecule has 1 heterocycles. The molecule has 0 aromatic carbocycles. The average Bonchev–Trinajstić information content (AvgIpc) is 1.94. The summed E-state index contributed by atoms with van der Waals surface area (Å²) >= 11 is 0. The Morgan fingerprint density at radius 3 is 2.91 bits per heavy atom. The molecule has 0 bridgehead atoms. The Hall–Kier alpha value is -0.300. The number of hydrogen-bond donors (Lipinski definition) is 2. The minimum atomic E-state index is -3.14. The van der Waals surface area contributed by atoms with Gasteiger partial charge in [0, 0.05) is 6.42 Å². The van der Waals surface area contributed by atoms with Crippen LogP contribution < -0.4 is 0 Å². The fourth-order valence-electron chi connectivity index (χ4n) is 0.863. The first-order valence-electron chi connectivity index (χ1n) is 3.17. The van der Waals surface area contributed by atoms with Gasteiger partial charge in [-0.1, -0.05) is 0 Å². The first-order valence-corrected chi connectivity index (χ1v) is 4.71. The molecule has 0 saturated carbocycles. The maximum absolute atomic E-state index is 9.87. The molecule has 1 unspecified atom stereocenters. The molecule has 1 aliphatic rings. The van der Waals surface area contributed by atoms with Gasteiger partial charge in [-0.2, -0.15) is 0 Å². The molecule has 0 aliphatic carbocycles. The van der Waals surface area contributed by atoms with Crippen LogP contribution in [0.3, 0.4) is 0 Å². The summed E-state index contributed by atoms with van der Waals surface area (Å²) in [6, 6.07) is 0. The van der Waals surface area contributed by atoms with Crippen molar-refractivity contribution < 1.29 is 22.8 Å². The molecular weight excluding hydrogens is 172 g/mol. The van der Waals surface area contributed by atoms with Gasteiger partial charge in [0.05, 0.1) is 6.61 Å². The van der Waals surface area contributed by atoms with Gasteiger partial charge >= 0.3 is 0 Å². The molecule has 5 nitrogen and oxygen atoms in total. The largest absolute Gasteiger partial charge is 0.448 e. The highest BCUT2D eigenvalue weighted by Gasteiger charge is 2.35. The van der Waals surface area contributed by atoms with Gasteiger partial charge in [0.2, 0.25) is 0 Å². The molecule has 1 atom stereocenters. The Morgan fingerprint density at radius 1 is 1.64 bits per heavy atom. The van der Waals surface area contributed by atoms with E-state index in [4.69, 9.17) is 9.11 Å². The zero-order valence-corrected chi connectivity index (χ0v) is 6.62. The third kappa shape index (κ3) is 2.06. The van der Waals surface area contributed by atoms with E-state index in [2.05, 4.69) is 8.92 Å². The van der Waals surface area contributed by atoms with Crippen molar-refractivity contribution in [2.24, 2.45) is 0 Å². The van der Waals surface area contributed by atoms with Gasteiger partial charge < -0.3 is 13.8 Å². The van der Waals surface area contributed by atoms with Crippen LogP contribution in [0, 0.1) is 0 Å². The van der Waals surface area contributed by atoms with E-state index in [1.165, 1.54) is 0 Å². The number of hydrogen-bond acceptors (Lipinski definition) is 5. The summed E-state index contributed by atoms with van der Waals surface area (Å²) in [5, 5.41) is 0. The molecule has 0 spiro atoms. The second-order valence-electron chi connectivity index (χ2n) is 2.16. The predicted octanol–water partition coefficient (Wildman–Crippen LogP) is 0.962. The van der Waals surface area contributed by atoms with Crippen molar-refractivity contribution in [3.63, 3.8) is 0 Å². The van der Waals surface area contributed by atoms with Crippen LogP contribution in [-0.2, 0) is 13.7 Å². The fraction of sp³-hybridized carbons (Fsp3) is 0.800. The molecule has 66 valence electrons. The van der Waals surface area contributed by atoms with E-state index in [0.29, 0.717) is 19.4 Å². The lowest BCUT2D eigenvalue weighted by Gasteiger charge is -2.36. The van der Waals surface area contributed by atoms with Crippen LogP contribution in [0.5, 0.6) is 0 Å². The van der Waals surface area contributed by atoms with Crippen LogP contribution in [0.2, 0.25) is 0 Å². The third-order valence-corrected chi connectivity index (χ3v) is 2.94. The second kappa shape index (κ2) is 3.40. The molecule has 1 rings (SSSR count). The SMILES string of the molecule is O=COC1CCCOS1(O)O. The summed E-state index contributed by atoms with van der Waals surface area (Å²) in [6.45, 7) is 0.509. The first-order chi connectivity index (χ1) is 5.17. The fourth-order valence-corrected chi connectivity index (χ4v) is 2.04. The normalized spacial score (nSPS) is 32.4. The van der Waals surface area contributed by atoms with Crippen LogP contribution in [0.4, 0.5) is 0 Å². The highest BCUT2D eigenvalue weighted by molar-refractivity contribution is 8.20. The maximum atomic E-state index is 9.87. The monoisotopic (exact) mass is 182 g/mol. The predicted molar refractivity (Wildman–Crippen MR) is 39.0 cm³/mol. The van der Waals surface area contributed by atoms with Gasteiger partial charge in [0.15, 0.2) is 5.44 Å². The Morgan fingerprint density at radius 2 is 2.36 bits per heavy atom. The molecule has 6 heteroatoms. The van der Waals surface area contributed by atoms with Crippen LogP contribution in [0.15, 0.2) is 0 Å². The van der Waals surface area contributed by atoms with E-state index in [9.17, 15) is 4.79 Å². The molecule has 1 aliphatic heterocycles. The molecule has 0 radical (unpaired) electrons. The zero-order chi connectivity index (χ0) is 8.32. The van der Waals surface area contributed by atoms with Crippen LogP contribution in [0.25, 0.3) is 0 Å². The van der Waals surface area contributed by atoms with E-state index in [1.807, 2.05) is 0 Å². The number of rotatable bonds is 2. The number of carbonyl (C=O) groups excluding carboxylic acids is 1. The van der Waals surface area contributed by atoms with E-state index in [0.717, 1.165) is 0 Å². The van der Waals surface area contributed by atoms with Crippen molar-refractivity contribution in [2.75, 3.05) is 6.61 Å². The molecule has 1 saturated heterocycles. The summed E-state index contributed by atoms with van der Waals surface area (Å²) in [7, 11) is -3.14. The Balaban J connectivity index is 2.52. The van der Waals surface area contributed by atoms with Gasteiger partial charge in [-0.25, -0.2) is 0 Å². The highest BCUT2D eigenvalue weighted by atomic mass is 32.3. The number of carbonyl (C=O) groups is 1. The summed E-state index contributed by atoms with van der Waals surface area (Å²) in [5.41, 5.74) is -0.881. The van der Waals surface area contributed by atoms with Crippen LogP contribution in [-0.4, -0.2) is 27.6 Å². The van der Waals surface area contributed by atoms with E-state index in [1.54, 1.807) is 0 Å².